The van der Waals surface area contributed by atoms with Crippen LogP contribution in [0, 0.1) is 0 Å². The van der Waals surface area contributed by atoms with Gasteiger partial charge in [0, 0.05) is 6.42 Å². The van der Waals surface area contributed by atoms with Gasteiger partial charge in [-0.2, -0.15) is 48.3 Å². The lowest BCUT2D eigenvalue weighted by Gasteiger charge is -2.37. The third-order valence-corrected chi connectivity index (χ3v) is 3.85. The average molecular weight is 418 g/mol. The van der Waals surface area contributed by atoms with E-state index in [4.69, 9.17) is 0 Å². The van der Waals surface area contributed by atoms with E-state index < -0.39 is 42.4 Å². The summed E-state index contributed by atoms with van der Waals surface area (Å²) in [7, 11) is 0. The predicted octanol–water partition coefficient (Wildman–Crippen LogP) is 5.78. The quantitative estimate of drug-likeness (QED) is 0.557. The topological polar surface area (TPSA) is 20.2 Å². The molecule has 0 bridgehead atoms. The van der Waals surface area contributed by atoms with Crippen LogP contribution in [0.25, 0.3) is 0 Å². The highest BCUT2D eigenvalue weighted by atomic mass is 19.4. The van der Waals surface area contributed by atoms with Gasteiger partial charge in [0.25, 0.3) is 0 Å². The maximum atomic E-state index is 13.7. The number of aryl methyl sites for hydroxylation is 1. The molecule has 1 aromatic rings. The van der Waals surface area contributed by atoms with Crippen LogP contribution in [-0.2, 0) is 6.42 Å². The van der Waals surface area contributed by atoms with E-state index >= 15 is 0 Å². The molecular formula is C15H13F11O. The minimum Gasteiger partial charge on any atom is -0.388 e. The molecule has 1 aromatic carbocycles. The summed E-state index contributed by atoms with van der Waals surface area (Å²) in [5, 5.41) is 9.69. The Morgan fingerprint density at radius 1 is 0.778 bits per heavy atom. The van der Waals surface area contributed by atoms with Gasteiger partial charge in [-0.25, -0.2) is 0 Å². The fourth-order valence-corrected chi connectivity index (χ4v) is 2.27. The standard InChI is InChI=1S/C15H13F11O/c1-2-8-5-3-4-6-9(8)10(27)7-11(16,17)12(18,19)13(20,21)14(22,23)15(24,25)26/h3-6,10,27H,2,7H2,1H3. The highest BCUT2D eigenvalue weighted by Crippen LogP contribution is 2.58. The Kier molecular flexibility index (Phi) is 6.17. The molecule has 0 saturated carbocycles. The minimum atomic E-state index is -7.47. The van der Waals surface area contributed by atoms with Crippen molar-refractivity contribution in [1.82, 2.24) is 0 Å². The molecular weight excluding hydrogens is 405 g/mol. The first-order chi connectivity index (χ1) is 11.9. The zero-order valence-electron chi connectivity index (χ0n) is 13.4. The Labute approximate surface area is 145 Å². The third kappa shape index (κ3) is 3.85. The molecule has 1 N–H and O–H groups in total. The van der Waals surface area contributed by atoms with Crippen LogP contribution in [-0.4, -0.2) is 35.0 Å². The lowest BCUT2D eigenvalue weighted by Crippen LogP contribution is -2.66. The Hall–Kier alpha value is -1.59. The normalized spacial score (nSPS) is 15.7. The summed E-state index contributed by atoms with van der Waals surface area (Å²) in [6.07, 6.45) is -12.1. The van der Waals surface area contributed by atoms with Gasteiger partial charge in [0.1, 0.15) is 0 Å². The zero-order valence-corrected chi connectivity index (χ0v) is 13.4. The molecule has 156 valence electrons. The first-order valence-corrected chi connectivity index (χ1v) is 7.28. The van der Waals surface area contributed by atoms with Crippen molar-refractivity contribution in [2.75, 3.05) is 0 Å². The summed E-state index contributed by atoms with van der Waals surface area (Å²) in [6, 6.07) is 4.88. The zero-order chi connectivity index (χ0) is 21.5. The van der Waals surface area contributed by atoms with Gasteiger partial charge in [-0.05, 0) is 17.5 Å². The van der Waals surface area contributed by atoms with Gasteiger partial charge < -0.3 is 5.11 Å². The molecule has 0 radical (unpaired) electrons. The van der Waals surface area contributed by atoms with Crippen molar-refractivity contribution < 1.29 is 53.4 Å². The number of rotatable bonds is 7. The monoisotopic (exact) mass is 418 g/mol. The number of hydrogen-bond donors (Lipinski definition) is 1. The first kappa shape index (κ1) is 23.4. The predicted molar refractivity (Wildman–Crippen MR) is 71.2 cm³/mol. The Bertz CT molecular complexity index is 651. The van der Waals surface area contributed by atoms with E-state index in [-0.39, 0.29) is 17.5 Å². The van der Waals surface area contributed by atoms with Gasteiger partial charge in [-0.3, -0.25) is 0 Å². The summed E-state index contributed by atoms with van der Waals surface area (Å²) < 4.78 is 142. The second-order valence-corrected chi connectivity index (χ2v) is 5.70. The largest absolute Gasteiger partial charge is 0.460 e. The van der Waals surface area contributed by atoms with Crippen LogP contribution in [0.5, 0.6) is 0 Å². The Morgan fingerprint density at radius 2 is 1.26 bits per heavy atom. The summed E-state index contributed by atoms with van der Waals surface area (Å²) in [6.45, 7) is 1.48. The number of aliphatic hydroxyl groups excluding tert-OH is 1. The van der Waals surface area contributed by atoms with Crippen LogP contribution in [0.3, 0.4) is 0 Å². The third-order valence-electron chi connectivity index (χ3n) is 3.85. The van der Waals surface area contributed by atoms with E-state index in [0.29, 0.717) is 0 Å². The fourth-order valence-electron chi connectivity index (χ4n) is 2.27. The molecule has 0 heterocycles. The van der Waals surface area contributed by atoms with E-state index in [2.05, 4.69) is 0 Å². The van der Waals surface area contributed by atoms with E-state index in [1.165, 1.54) is 25.1 Å². The van der Waals surface area contributed by atoms with E-state index in [1.807, 2.05) is 0 Å². The molecule has 0 aromatic heterocycles. The lowest BCUT2D eigenvalue weighted by molar-refractivity contribution is -0.423. The van der Waals surface area contributed by atoms with Gasteiger partial charge >= 0.3 is 29.9 Å². The smallest absolute Gasteiger partial charge is 0.388 e. The average Bonchev–Trinajstić information content (AvgIpc) is 2.52. The van der Waals surface area contributed by atoms with Crippen molar-refractivity contribution in [3.8, 4) is 0 Å². The van der Waals surface area contributed by atoms with Crippen molar-refractivity contribution >= 4 is 0 Å². The minimum absolute atomic E-state index is 0.109. The number of alkyl halides is 11. The highest BCUT2D eigenvalue weighted by molar-refractivity contribution is 5.29. The molecule has 0 fully saturated rings. The molecule has 0 saturated heterocycles. The molecule has 1 nitrogen and oxygen atoms in total. The Balaban J connectivity index is 3.28. The Morgan fingerprint density at radius 3 is 1.70 bits per heavy atom. The van der Waals surface area contributed by atoms with Gasteiger partial charge in [0.2, 0.25) is 0 Å². The van der Waals surface area contributed by atoms with Crippen molar-refractivity contribution in [2.24, 2.45) is 0 Å². The molecule has 0 aliphatic carbocycles. The van der Waals surface area contributed by atoms with Gasteiger partial charge in [-0.15, -0.1) is 0 Å². The molecule has 1 unspecified atom stereocenters. The van der Waals surface area contributed by atoms with E-state index in [9.17, 15) is 53.4 Å². The molecule has 27 heavy (non-hydrogen) atoms. The maximum absolute atomic E-state index is 13.7. The van der Waals surface area contributed by atoms with Crippen LogP contribution in [0.4, 0.5) is 48.3 Å². The SMILES string of the molecule is CCc1ccccc1C(O)CC(F)(F)C(F)(F)C(F)(F)C(F)(F)C(F)(F)F. The highest BCUT2D eigenvalue weighted by Gasteiger charge is 2.87. The fraction of sp³-hybridized carbons (Fsp3) is 0.600. The number of aliphatic hydroxyl groups is 1. The van der Waals surface area contributed by atoms with Crippen LogP contribution >= 0.6 is 0 Å². The summed E-state index contributed by atoms with van der Waals surface area (Å²) >= 11 is 0. The summed E-state index contributed by atoms with van der Waals surface area (Å²) in [5.41, 5.74) is -0.210. The van der Waals surface area contributed by atoms with Crippen molar-refractivity contribution in [3.63, 3.8) is 0 Å². The second kappa shape index (κ2) is 7.10. The maximum Gasteiger partial charge on any atom is 0.460 e. The van der Waals surface area contributed by atoms with Gasteiger partial charge in [0.15, 0.2) is 0 Å². The van der Waals surface area contributed by atoms with Crippen LogP contribution < -0.4 is 0 Å². The van der Waals surface area contributed by atoms with Gasteiger partial charge in [-0.1, -0.05) is 31.2 Å². The lowest BCUT2D eigenvalue weighted by atomic mass is 9.90. The summed E-state index contributed by atoms with van der Waals surface area (Å²) in [4.78, 5) is 0. The van der Waals surface area contributed by atoms with Crippen LogP contribution in [0.15, 0.2) is 24.3 Å². The second-order valence-electron chi connectivity index (χ2n) is 5.70. The molecule has 0 aliphatic heterocycles. The molecule has 12 heteroatoms. The van der Waals surface area contributed by atoms with Gasteiger partial charge in [0.05, 0.1) is 6.10 Å². The van der Waals surface area contributed by atoms with Crippen molar-refractivity contribution in [2.45, 2.75) is 55.7 Å². The number of benzene rings is 1. The molecule has 0 aliphatic rings. The van der Waals surface area contributed by atoms with E-state index in [0.717, 1.165) is 6.07 Å². The molecule has 1 rings (SSSR count). The first-order valence-electron chi connectivity index (χ1n) is 7.28. The van der Waals surface area contributed by atoms with Crippen LogP contribution in [0.1, 0.15) is 30.6 Å². The van der Waals surface area contributed by atoms with Crippen molar-refractivity contribution in [3.05, 3.63) is 35.4 Å². The van der Waals surface area contributed by atoms with Crippen LogP contribution in [0.2, 0.25) is 0 Å². The molecule has 0 amide bonds. The summed E-state index contributed by atoms with van der Waals surface area (Å²) in [5.74, 6) is -28.1. The van der Waals surface area contributed by atoms with Crippen molar-refractivity contribution in [1.29, 1.82) is 0 Å². The number of hydrogen-bond acceptors (Lipinski definition) is 1. The number of halogens is 11. The molecule has 1 atom stereocenters. The van der Waals surface area contributed by atoms with E-state index in [1.54, 1.807) is 0 Å². The molecule has 0 spiro atoms.